The Morgan fingerprint density at radius 3 is 2.67 bits per heavy atom. The standard InChI is InChI=1S/C16H18N2O4S2/c1-22-14-6-4-13(5-7-14)18-11-12(9-15(18)19)10-17-24(20,21)16-3-2-8-23-16/h2-8,12,17H,9-11H2,1H3. The van der Waals surface area contributed by atoms with Crippen molar-refractivity contribution in [3.63, 3.8) is 0 Å². The predicted octanol–water partition coefficient (Wildman–Crippen LogP) is 2.09. The number of hydrogen-bond acceptors (Lipinski definition) is 5. The van der Waals surface area contributed by atoms with Crippen molar-refractivity contribution >= 4 is 33.0 Å². The number of methoxy groups -OCH3 is 1. The van der Waals surface area contributed by atoms with Crippen LogP contribution in [0, 0.1) is 5.92 Å². The fourth-order valence-corrected chi connectivity index (χ4v) is 4.80. The first kappa shape index (κ1) is 16.9. The largest absolute Gasteiger partial charge is 0.497 e. The van der Waals surface area contributed by atoms with Gasteiger partial charge in [-0.3, -0.25) is 4.79 Å². The first-order valence-electron chi connectivity index (χ1n) is 7.47. The van der Waals surface area contributed by atoms with E-state index in [1.165, 1.54) is 11.3 Å². The van der Waals surface area contributed by atoms with Crippen LogP contribution in [0.2, 0.25) is 0 Å². The maximum Gasteiger partial charge on any atom is 0.250 e. The van der Waals surface area contributed by atoms with Crippen LogP contribution in [0.15, 0.2) is 46.0 Å². The summed E-state index contributed by atoms with van der Waals surface area (Å²) >= 11 is 1.17. The van der Waals surface area contributed by atoms with Crippen LogP contribution >= 0.6 is 11.3 Å². The topological polar surface area (TPSA) is 75.7 Å². The highest BCUT2D eigenvalue weighted by atomic mass is 32.2. The van der Waals surface area contributed by atoms with Crippen LogP contribution in [0.5, 0.6) is 5.75 Å². The minimum Gasteiger partial charge on any atom is -0.497 e. The van der Waals surface area contributed by atoms with E-state index in [1.54, 1.807) is 41.7 Å². The number of nitrogens with one attached hydrogen (secondary N) is 1. The van der Waals surface area contributed by atoms with E-state index in [4.69, 9.17) is 4.74 Å². The molecule has 3 rings (SSSR count). The maximum absolute atomic E-state index is 12.2. The molecule has 2 heterocycles. The first-order valence-corrected chi connectivity index (χ1v) is 9.83. The van der Waals surface area contributed by atoms with Gasteiger partial charge in [-0.1, -0.05) is 6.07 Å². The molecule has 1 aromatic heterocycles. The monoisotopic (exact) mass is 366 g/mol. The molecule has 1 aliphatic heterocycles. The number of carbonyl (C=O) groups excluding carboxylic acids is 1. The Bertz CT molecular complexity index is 801. The highest BCUT2D eigenvalue weighted by Crippen LogP contribution is 2.27. The van der Waals surface area contributed by atoms with Crippen LogP contribution in [0.4, 0.5) is 5.69 Å². The Hall–Kier alpha value is -1.90. The molecule has 24 heavy (non-hydrogen) atoms. The lowest BCUT2D eigenvalue weighted by atomic mass is 10.1. The lowest BCUT2D eigenvalue weighted by molar-refractivity contribution is -0.117. The van der Waals surface area contributed by atoms with E-state index >= 15 is 0 Å². The summed E-state index contributed by atoms with van der Waals surface area (Å²) in [5.41, 5.74) is 0.796. The molecule has 2 aromatic rings. The van der Waals surface area contributed by atoms with Crippen LogP contribution in [-0.4, -0.2) is 34.5 Å². The Morgan fingerprint density at radius 2 is 2.04 bits per heavy atom. The smallest absolute Gasteiger partial charge is 0.250 e. The minimum atomic E-state index is -3.49. The van der Waals surface area contributed by atoms with Gasteiger partial charge in [0, 0.05) is 25.2 Å². The third-order valence-corrected chi connectivity index (χ3v) is 6.73. The van der Waals surface area contributed by atoms with Crippen LogP contribution in [0.25, 0.3) is 0 Å². The number of hydrogen-bond donors (Lipinski definition) is 1. The van der Waals surface area contributed by atoms with Gasteiger partial charge >= 0.3 is 0 Å². The molecule has 0 spiro atoms. The molecule has 8 heteroatoms. The van der Waals surface area contributed by atoms with Gasteiger partial charge in [0.15, 0.2) is 0 Å². The summed E-state index contributed by atoms with van der Waals surface area (Å²) in [6.07, 6.45) is 0.332. The molecule has 1 unspecified atom stereocenters. The van der Waals surface area contributed by atoms with E-state index < -0.39 is 10.0 Å². The van der Waals surface area contributed by atoms with E-state index in [2.05, 4.69) is 4.72 Å². The van der Waals surface area contributed by atoms with Crippen molar-refractivity contribution in [1.29, 1.82) is 0 Å². The number of anilines is 1. The van der Waals surface area contributed by atoms with Gasteiger partial charge in [-0.25, -0.2) is 13.1 Å². The SMILES string of the molecule is COc1ccc(N2CC(CNS(=O)(=O)c3cccs3)CC2=O)cc1. The Kier molecular flexibility index (Phi) is 4.88. The molecule has 1 fully saturated rings. The molecule has 0 radical (unpaired) electrons. The number of sulfonamides is 1. The first-order chi connectivity index (χ1) is 11.5. The quantitative estimate of drug-likeness (QED) is 0.849. The van der Waals surface area contributed by atoms with Crippen molar-refractivity contribution in [3.05, 3.63) is 41.8 Å². The van der Waals surface area contributed by atoms with Gasteiger partial charge in [-0.15, -0.1) is 11.3 Å². The zero-order valence-electron chi connectivity index (χ0n) is 13.1. The predicted molar refractivity (Wildman–Crippen MR) is 93.0 cm³/mol. The van der Waals surface area contributed by atoms with E-state index in [0.717, 1.165) is 11.4 Å². The molecule has 1 aromatic carbocycles. The highest BCUT2D eigenvalue weighted by Gasteiger charge is 2.31. The number of nitrogens with zero attached hydrogens (tertiary/aromatic N) is 1. The second-order valence-electron chi connectivity index (χ2n) is 5.56. The van der Waals surface area contributed by atoms with Gasteiger partial charge in [-0.05, 0) is 41.6 Å². The van der Waals surface area contributed by atoms with E-state index in [1.807, 2.05) is 12.1 Å². The van der Waals surface area contributed by atoms with Gasteiger partial charge in [0.2, 0.25) is 15.9 Å². The fourth-order valence-electron chi connectivity index (χ4n) is 2.65. The van der Waals surface area contributed by atoms with Gasteiger partial charge in [0.05, 0.1) is 7.11 Å². The fraction of sp³-hybridized carbons (Fsp3) is 0.312. The zero-order valence-corrected chi connectivity index (χ0v) is 14.8. The molecule has 128 valence electrons. The molecular formula is C16H18N2O4S2. The number of benzene rings is 1. The molecule has 6 nitrogen and oxygen atoms in total. The summed E-state index contributed by atoms with van der Waals surface area (Å²) in [7, 11) is -1.90. The lowest BCUT2D eigenvalue weighted by Crippen LogP contribution is -2.31. The average molecular weight is 366 g/mol. The normalized spacial score (nSPS) is 18.1. The van der Waals surface area contributed by atoms with Crippen LogP contribution in [0.1, 0.15) is 6.42 Å². The summed E-state index contributed by atoms with van der Waals surface area (Å²) < 4.78 is 32.3. The molecule has 0 saturated carbocycles. The summed E-state index contributed by atoms with van der Waals surface area (Å²) in [5.74, 6) is 0.681. The van der Waals surface area contributed by atoms with Crippen LogP contribution in [0.3, 0.4) is 0 Å². The highest BCUT2D eigenvalue weighted by molar-refractivity contribution is 7.91. The molecule has 1 aliphatic rings. The van der Waals surface area contributed by atoms with Crippen molar-refractivity contribution in [2.75, 3.05) is 25.1 Å². The molecule has 1 saturated heterocycles. The van der Waals surface area contributed by atoms with Crippen LogP contribution in [-0.2, 0) is 14.8 Å². The van der Waals surface area contributed by atoms with Crippen LogP contribution < -0.4 is 14.4 Å². The number of amides is 1. The number of thiophene rings is 1. The second-order valence-corrected chi connectivity index (χ2v) is 8.50. The third-order valence-electron chi connectivity index (χ3n) is 3.91. The van der Waals surface area contributed by atoms with Crippen molar-refractivity contribution in [2.45, 2.75) is 10.6 Å². The van der Waals surface area contributed by atoms with E-state index in [-0.39, 0.29) is 18.4 Å². The molecular weight excluding hydrogens is 348 g/mol. The summed E-state index contributed by atoms with van der Waals surface area (Å²) in [6.45, 7) is 0.747. The number of ether oxygens (including phenoxy) is 1. The molecule has 1 amide bonds. The molecule has 1 atom stereocenters. The Morgan fingerprint density at radius 1 is 1.29 bits per heavy atom. The van der Waals surface area contributed by atoms with Gasteiger partial charge in [0.25, 0.3) is 0 Å². The summed E-state index contributed by atoms with van der Waals surface area (Å²) in [6, 6.07) is 10.5. The Labute approximate surface area is 145 Å². The van der Waals surface area contributed by atoms with E-state index in [9.17, 15) is 13.2 Å². The van der Waals surface area contributed by atoms with Gasteiger partial charge < -0.3 is 9.64 Å². The molecule has 0 aliphatic carbocycles. The molecule has 0 bridgehead atoms. The summed E-state index contributed by atoms with van der Waals surface area (Å²) in [5, 5.41) is 1.72. The minimum absolute atomic E-state index is 0.000452. The van der Waals surface area contributed by atoms with E-state index in [0.29, 0.717) is 17.2 Å². The van der Waals surface area contributed by atoms with Gasteiger partial charge in [-0.2, -0.15) is 0 Å². The summed E-state index contributed by atoms with van der Waals surface area (Å²) in [4.78, 5) is 13.9. The lowest BCUT2D eigenvalue weighted by Gasteiger charge is -2.17. The van der Waals surface area contributed by atoms with Crippen molar-refractivity contribution < 1.29 is 17.9 Å². The number of rotatable bonds is 6. The average Bonchev–Trinajstić information content (AvgIpc) is 3.23. The zero-order chi connectivity index (χ0) is 17.2. The second kappa shape index (κ2) is 6.92. The third kappa shape index (κ3) is 3.61. The van der Waals surface area contributed by atoms with Crippen molar-refractivity contribution in [2.24, 2.45) is 5.92 Å². The van der Waals surface area contributed by atoms with Crippen molar-refractivity contribution in [1.82, 2.24) is 4.72 Å². The number of carbonyl (C=O) groups is 1. The van der Waals surface area contributed by atoms with Gasteiger partial charge in [0.1, 0.15) is 9.96 Å². The molecule has 1 N–H and O–H groups in total. The maximum atomic E-state index is 12.2. The Balaban J connectivity index is 1.62. The van der Waals surface area contributed by atoms with Crippen molar-refractivity contribution in [3.8, 4) is 5.75 Å².